The lowest BCUT2D eigenvalue weighted by atomic mass is 10.1. The van der Waals surface area contributed by atoms with Crippen LogP contribution in [0, 0.1) is 11.3 Å². The molecular formula is C25H20BrN3O3S. The van der Waals surface area contributed by atoms with E-state index in [9.17, 15) is 10.1 Å². The highest BCUT2D eigenvalue weighted by Crippen LogP contribution is 2.28. The Morgan fingerprint density at radius 1 is 1.30 bits per heavy atom. The number of halogens is 1. The number of nitrogens with one attached hydrogen (secondary N) is 1. The van der Waals surface area contributed by atoms with Crippen LogP contribution in [-0.2, 0) is 0 Å². The lowest BCUT2D eigenvalue weighted by Crippen LogP contribution is -2.03. The highest BCUT2D eigenvalue weighted by atomic mass is 79.9. The molecular weight excluding hydrogens is 502 g/mol. The van der Waals surface area contributed by atoms with Crippen molar-refractivity contribution in [1.82, 2.24) is 4.98 Å². The number of aromatic nitrogens is 1. The minimum absolute atomic E-state index is 0.352. The maximum absolute atomic E-state index is 12.5. The van der Waals surface area contributed by atoms with Crippen LogP contribution in [0.1, 0.15) is 24.8 Å². The average Bonchev–Trinajstić information content (AvgIpc) is 3.29. The van der Waals surface area contributed by atoms with Crippen LogP contribution in [0.3, 0.4) is 0 Å². The van der Waals surface area contributed by atoms with Crippen molar-refractivity contribution in [2.45, 2.75) is 19.8 Å². The first-order valence-corrected chi connectivity index (χ1v) is 12.0. The van der Waals surface area contributed by atoms with Gasteiger partial charge in [0.1, 0.15) is 28.0 Å². The molecule has 0 aliphatic heterocycles. The SMILES string of the molecule is CCCCOc1cccc(N/C=C(\C#N)c2nc(-c3cc4cc(Br)ccc4oc3=O)cs2)c1. The van der Waals surface area contributed by atoms with Gasteiger partial charge in [-0.3, -0.25) is 0 Å². The third-order valence-corrected chi connectivity index (χ3v) is 6.18. The molecule has 166 valence electrons. The number of nitriles is 1. The molecule has 2 heterocycles. The largest absolute Gasteiger partial charge is 0.494 e. The Labute approximate surface area is 203 Å². The summed E-state index contributed by atoms with van der Waals surface area (Å²) < 4.78 is 12.0. The van der Waals surface area contributed by atoms with Gasteiger partial charge in [0.15, 0.2) is 0 Å². The number of benzene rings is 2. The minimum atomic E-state index is -0.470. The first-order valence-electron chi connectivity index (χ1n) is 10.4. The van der Waals surface area contributed by atoms with Crippen LogP contribution in [0.2, 0.25) is 0 Å². The fourth-order valence-corrected chi connectivity index (χ4v) is 4.27. The van der Waals surface area contributed by atoms with Gasteiger partial charge >= 0.3 is 5.63 Å². The van der Waals surface area contributed by atoms with Crippen molar-refractivity contribution >= 4 is 49.5 Å². The highest BCUT2D eigenvalue weighted by molar-refractivity contribution is 9.10. The zero-order chi connectivity index (χ0) is 23.2. The summed E-state index contributed by atoms with van der Waals surface area (Å²) >= 11 is 4.72. The topological polar surface area (TPSA) is 88.2 Å². The highest BCUT2D eigenvalue weighted by Gasteiger charge is 2.14. The van der Waals surface area contributed by atoms with E-state index in [0.717, 1.165) is 34.1 Å². The Balaban J connectivity index is 1.56. The molecule has 0 atom stereocenters. The molecule has 33 heavy (non-hydrogen) atoms. The molecule has 6 nitrogen and oxygen atoms in total. The first-order chi connectivity index (χ1) is 16.1. The molecule has 0 aliphatic carbocycles. The summed E-state index contributed by atoms with van der Waals surface area (Å²) in [5.74, 6) is 0.770. The van der Waals surface area contributed by atoms with Crippen molar-refractivity contribution in [3.63, 3.8) is 0 Å². The molecule has 2 aromatic heterocycles. The minimum Gasteiger partial charge on any atom is -0.494 e. The molecule has 4 aromatic rings. The summed E-state index contributed by atoms with van der Waals surface area (Å²) in [6, 6.07) is 16.9. The molecule has 0 aliphatic rings. The zero-order valence-electron chi connectivity index (χ0n) is 17.8. The number of ether oxygens (including phenoxy) is 1. The number of allylic oxidation sites excluding steroid dienone is 1. The van der Waals surface area contributed by atoms with E-state index in [1.165, 1.54) is 11.3 Å². The molecule has 2 aromatic carbocycles. The zero-order valence-corrected chi connectivity index (χ0v) is 20.2. The number of anilines is 1. The van der Waals surface area contributed by atoms with E-state index in [1.807, 2.05) is 36.4 Å². The molecule has 0 unspecified atom stereocenters. The third kappa shape index (κ3) is 5.51. The Kier molecular flexibility index (Phi) is 7.23. The van der Waals surface area contributed by atoms with E-state index in [0.29, 0.717) is 34.0 Å². The van der Waals surface area contributed by atoms with E-state index < -0.39 is 5.63 Å². The van der Waals surface area contributed by atoms with Gasteiger partial charge in [0.2, 0.25) is 0 Å². The van der Waals surface area contributed by atoms with E-state index in [4.69, 9.17) is 9.15 Å². The first kappa shape index (κ1) is 22.8. The smallest absolute Gasteiger partial charge is 0.345 e. The fraction of sp³-hybridized carbons (Fsp3) is 0.160. The lowest BCUT2D eigenvalue weighted by molar-refractivity contribution is 0.309. The number of thiazole rings is 1. The van der Waals surface area contributed by atoms with Gasteiger partial charge in [-0.15, -0.1) is 11.3 Å². The van der Waals surface area contributed by atoms with Crippen LogP contribution in [0.4, 0.5) is 5.69 Å². The van der Waals surface area contributed by atoms with Crippen LogP contribution < -0.4 is 15.7 Å². The standard InChI is InChI=1S/C25H20BrN3O3S/c1-2-3-9-31-20-6-4-5-19(12-20)28-14-17(13-27)24-29-22(15-33-24)21-11-16-10-18(26)7-8-23(16)32-25(21)30/h4-8,10-12,14-15,28H,2-3,9H2,1H3/b17-14+. The maximum Gasteiger partial charge on any atom is 0.345 e. The summed E-state index contributed by atoms with van der Waals surface area (Å²) in [5, 5.41) is 15.8. The van der Waals surface area contributed by atoms with Crippen molar-refractivity contribution in [2.24, 2.45) is 0 Å². The van der Waals surface area contributed by atoms with Gasteiger partial charge in [0, 0.05) is 33.2 Å². The van der Waals surface area contributed by atoms with E-state index in [1.54, 1.807) is 23.7 Å². The van der Waals surface area contributed by atoms with Crippen LogP contribution in [0.25, 0.3) is 27.8 Å². The van der Waals surface area contributed by atoms with Crippen molar-refractivity contribution in [1.29, 1.82) is 5.26 Å². The second-order valence-electron chi connectivity index (χ2n) is 7.21. The number of nitrogens with zero attached hydrogens (tertiary/aromatic N) is 2. The van der Waals surface area contributed by atoms with Gasteiger partial charge in [-0.2, -0.15) is 5.26 Å². The van der Waals surface area contributed by atoms with Crippen LogP contribution >= 0.6 is 27.3 Å². The maximum atomic E-state index is 12.5. The van der Waals surface area contributed by atoms with E-state index >= 15 is 0 Å². The van der Waals surface area contributed by atoms with Gasteiger partial charge in [0.05, 0.1) is 17.9 Å². The molecule has 1 N–H and O–H groups in total. The third-order valence-electron chi connectivity index (χ3n) is 4.81. The van der Waals surface area contributed by atoms with Crippen molar-refractivity contribution in [2.75, 3.05) is 11.9 Å². The average molecular weight is 522 g/mol. The Morgan fingerprint density at radius 3 is 3.00 bits per heavy atom. The second-order valence-corrected chi connectivity index (χ2v) is 8.99. The van der Waals surface area contributed by atoms with Crippen molar-refractivity contribution in [3.05, 3.63) is 80.0 Å². The Bertz CT molecular complexity index is 1420. The van der Waals surface area contributed by atoms with E-state index in [2.05, 4.69) is 39.2 Å². The summed E-state index contributed by atoms with van der Waals surface area (Å²) in [4.78, 5) is 17.0. The number of rotatable bonds is 8. The number of unbranched alkanes of at least 4 members (excludes halogenated alkanes) is 1. The molecule has 8 heteroatoms. The Hall–Kier alpha value is -3.41. The van der Waals surface area contributed by atoms with Crippen molar-refractivity contribution in [3.8, 4) is 23.1 Å². The lowest BCUT2D eigenvalue weighted by Gasteiger charge is -2.07. The number of hydrogen-bond donors (Lipinski definition) is 1. The van der Waals surface area contributed by atoms with E-state index in [-0.39, 0.29) is 0 Å². The van der Waals surface area contributed by atoms with Crippen molar-refractivity contribution < 1.29 is 9.15 Å². The monoisotopic (exact) mass is 521 g/mol. The summed E-state index contributed by atoms with van der Waals surface area (Å²) in [7, 11) is 0. The number of fused-ring (bicyclic) bond motifs is 1. The molecule has 0 spiro atoms. The summed E-state index contributed by atoms with van der Waals surface area (Å²) in [5.41, 5.74) is 2.02. The van der Waals surface area contributed by atoms with Gasteiger partial charge < -0.3 is 14.5 Å². The van der Waals surface area contributed by atoms with Crippen LogP contribution in [0.15, 0.2) is 73.8 Å². The van der Waals surface area contributed by atoms with Gasteiger partial charge in [-0.05, 0) is 42.8 Å². The predicted molar refractivity (Wildman–Crippen MR) is 135 cm³/mol. The molecule has 0 amide bonds. The van der Waals surface area contributed by atoms with Gasteiger partial charge in [0.25, 0.3) is 0 Å². The number of hydrogen-bond acceptors (Lipinski definition) is 7. The normalized spacial score (nSPS) is 11.4. The quantitative estimate of drug-likeness (QED) is 0.155. The molecule has 0 saturated heterocycles. The molecule has 4 rings (SSSR count). The predicted octanol–water partition coefficient (Wildman–Crippen LogP) is 6.83. The van der Waals surface area contributed by atoms with Crippen LogP contribution in [-0.4, -0.2) is 11.6 Å². The molecule has 0 fully saturated rings. The molecule has 0 bridgehead atoms. The Morgan fingerprint density at radius 2 is 2.18 bits per heavy atom. The fourth-order valence-electron chi connectivity index (χ4n) is 3.10. The second kappa shape index (κ2) is 10.5. The molecule has 0 radical (unpaired) electrons. The van der Waals surface area contributed by atoms with Gasteiger partial charge in [-0.1, -0.05) is 35.3 Å². The summed E-state index contributed by atoms with van der Waals surface area (Å²) in [6.45, 7) is 2.78. The molecule has 0 saturated carbocycles. The van der Waals surface area contributed by atoms with Gasteiger partial charge in [-0.25, -0.2) is 9.78 Å². The van der Waals surface area contributed by atoms with Crippen LogP contribution in [0.5, 0.6) is 5.75 Å². The summed E-state index contributed by atoms with van der Waals surface area (Å²) in [6.07, 6.45) is 3.67.